The lowest BCUT2D eigenvalue weighted by atomic mass is 10.1. The van der Waals surface area contributed by atoms with Crippen LogP contribution in [-0.2, 0) is 4.74 Å². The molecule has 3 rings (SSSR count). The van der Waals surface area contributed by atoms with Gasteiger partial charge in [0.2, 0.25) is 0 Å². The molecule has 1 aliphatic heterocycles. The van der Waals surface area contributed by atoms with Gasteiger partial charge in [0, 0.05) is 24.2 Å². The summed E-state index contributed by atoms with van der Waals surface area (Å²) in [5, 5.41) is 1.20. The molecule has 128 valence electrons. The third-order valence-corrected chi connectivity index (χ3v) is 4.96. The number of ether oxygens (including phenoxy) is 1. The fourth-order valence-corrected chi connectivity index (χ4v) is 3.78. The van der Waals surface area contributed by atoms with Gasteiger partial charge in [0.1, 0.15) is 0 Å². The van der Waals surface area contributed by atoms with Gasteiger partial charge in [-0.15, -0.1) is 0 Å². The Labute approximate surface area is 152 Å². The van der Waals surface area contributed by atoms with E-state index in [-0.39, 0.29) is 0 Å². The second-order valence-corrected chi connectivity index (χ2v) is 6.98. The Bertz CT molecular complexity index is 751. The van der Waals surface area contributed by atoms with E-state index in [9.17, 15) is 0 Å². The zero-order valence-electron chi connectivity index (χ0n) is 14.1. The second-order valence-electron chi connectivity index (χ2n) is 6.14. The lowest BCUT2D eigenvalue weighted by Gasteiger charge is -2.27. The van der Waals surface area contributed by atoms with Gasteiger partial charge in [0.25, 0.3) is 0 Å². The van der Waals surface area contributed by atoms with E-state index >= 15 is 0 Å². The predicted octanol–water partition coefficient (Wildman–Crippen LogP) is 4.68. The average Bonchev–Trinajstić information content (AvgIpc) is 2.98. The standard InChI is InChI=1S/C18H21Cl2N3O/c1-11-17(15-7-6-13(19)9-16(15)20)21-12(2)18(22-11)23-8-4-5-14(23)10-24-3/h6-7,9,14H,4-5,8,10H2,1-3H3. The molecule has 0 saturated carbocycles. The summed E-state index contributed by atoms with van der Waals surface area (Å²) >= 11 is 12.3. The van der Waals surface area contributed by atoms with Crippen molar-refractivity contribution in [1.82, 2.24) is 9.97 Å². The number of anilines is 1. The summed E-state index contributed by atoms with van der Waals surface area (Å²) < 4.78 is 5.35. The first-order valence-corrected chi connectivity index (χ1v) is 8.83. The van der Waals surface area contributed by atoms with Crippen LogP contribution in [0.2, 0.25) is 10.0 Å². The van der Waals surface area contributed by atoms with Crippen molar-refractivity contribution in [2.24, 2.45) is 0 Å². The van der Waals surface area contributed by atoms with Crippen LogP contribution in [-0.4, -0.2) is 36.3 Å². The van der Waals surface area contributed by atoms with Crippen molar-refractivity contribution in [2.45, 2.75) is 32.7 Å². The van der Waals surface area contributed by atoms with Crippen molar-refractivity contribution in [3.63, 3.8) is 0 Å². The summed E-state index contributed by atoms with van der Waals surface area (Å²) in [5.74, 6) is 0.945. The predicted molar refractivity (Wildman–Crippen MR) is 99.2 cm³/mol. The number of methoxy groups -OCH3 is 1. The largest absolute Gasteiger partial charge is 0.383 e. The maximum atomic E-state index is 6.34. The Morgan fingerprint density at radius 1 is 1.21 bits per heavy atom. The molecule has 1 saturated heterocycles. The molecule has 0 N–H and O–H groups in total. The van der Waals surface area contributed by atoms with Crippen molar-refractivity contribution in [3.05, 3.63) is 39.6 Å². The van der Waals surface area contributed by atoms with Gasteiger partial charge >= 0.3 is 0 Å². The topological polar surface area (TPSA) is 38.2 Å². The summed E-state index contributed by atoms with van der Waals surface area (Å²) in [6.45, 7) is 5.67. The number of hydrogen-bond donors (Lipinski definition) is 0. The van der Waals surface area contributed by atoms with Gasteiger partial charge in [-0.3, -0.25) is 0 Å². The lowest BCUT2D eigenvalue weighted by Crippen LogP contribution is -2.34. The third kappa shape index (κ3) is 3.37. The van der Waals surface area contributed by atoms with E-state index in [1.807, 2.05) is 26.0 Å². The lowest BCUT2D eigenvalue weighted by molar-refractivity contribution is 0.180. The fraction of sp³-hybridized carbons (Fsp3) is 0.444. The molecule has 1 aliphatic rings. The molecule has 4 nitrogen and oxygen atoms in total. The molecular formula is C18H21Cl2N3O. The maximum absolute atomic E-state index is 6.34. The fourth-order valence-electron chi connectivity index (χ4n) is 3.28. The van der Waals surface area contributed by atoms with E-state index < -0.39 is 0 Å². The van der Waals surface area contributed by atoms with E-state index in [0.29, 0.717) is 22.7 Å². The number of aryl methyl sites for hydroxylation is 2. The quantitative estimate of drug-likeness (QED) is 0.787. The van der Waals surface area contributed by atoms with E-state index in [2.05, 4.69) is 4.90 Å². The molecule has 1 aromatic carbocycles. The monoisotopic (exact) mass is 365 g/mol. The second kappa shape index (κ2) is 7.26. The van der Waals surface area contributed by atoms with Crippen LogP contribution in [0.1, 0.15) is 24.2 Å². The highest BCUT2D eigenvalue weighted by atomic mass is 35.5. The van der Waals surface area contributed by atoms with Gasteiger partial charge in [-0.1, -0.05) is 23.2 Å². The zero-order chi connectivity index (χ0) is 17.3. The number of hydrogen-bond acceptors (Lipinski definition) is 4. The maximum Gasteiger partial charge on any atom is 0.150 e. The molecule has 1 aromatic heterocycles. The SMILES string of the molecule is COCC1CCCN1c1nc(C)c(-c2ccc(Cl)cc2Cl)nc1C. The molecular weight excluding hydrogens is 345 g/mol. The number of halogens is 2. The van der Waals surface area contributed by atoms with E-state index in [4.69, 9.17) is 37.9 Å². The summed E-state index contributed by atoms with van der Waals surface area (Å²) in [7, 11) is 1.74. The number of rotatable bonds is 4. The average molecular weight is 366 g/mol. The Balaban J connectivity index is 2.00. The van der Waals surface area contributed by atoms with Crippen LogP contribution in [0, 0.1) is 13.8 Å². The van der Waals surface area contributed by atoms with Crippen LogP contribution < -0.4 is 4.90 Å². The van der Waals surface area contributed by atoms with E-state index in [0.717, 1.165) is 47.8 Å². The zero-order valence-corrected chi connectivity index (χ0v) is 15.7. The van der Waals surface area contributed by atoms with Crippen LogP contribution in [0.15, 0.2) is 18.2 Å². The van der Waals surface area contributed by atoms with Crippen LogP contribution in [0.4, 0.5) is 5.82 Å². The van der Waals surface area contributed by atoms with Gasteiger partial charge in [-0.05, 0) is 44.9 Å². The molecule has 0 amide bonds. The molecule has 1 fully saturated rings. The molecule has 0 aliphatic carbocycles. The van der Waals surface area contributed by atoms with Gasteiger partial charge in [-0.2, -0.15) is 0 Å². The number of nitrogens with zero attached hydrogens (tertiary/aromatic N) is 3. The van der Waals surface area contributed by atoms with Crippen molar-refractivity contribution in [1.29, 1.82) is 0 Å². The summed E-state index contributed by atoms with van der Waals surface area (Å²) in [6, 6.07) is 5.82. The Morgan fingerprint density at radius 3 is 2.71 bits per heavy atom. The molecule has 2 aromatic rings. The van der Waals surface area contributed by atoms with Crippen LogP contribution in [0.5, 0.6) is 0 Å². The normalized spacial score (nSPS) is 17.5. The highest BCUT2D eigenvalue weighted by Crippen LogP contribution is 2.33. The van der Waals surface area contributed by atoms with Crippen molar-refractivity contribution in [2.75, 3.05) is 25.2 Å². The Hall–Kier alpha value is -1.36. The third-order valence-electron chi connectivity index (χ3n) is 4.41. The smallest absolute Gasteiger partial charge is 0.150 e. The van der Waals surface area contributed by atoms with Crippen molar-refractivity contribution < 1.29 is 4.74 Å². The molecule has 0 spiro atoms. The first-order valence-electron chi connectivity index (χ1n) is 8.07. The van der Waals surface area contributed by atoms with Crippen LogP contribution in [0.3, 0.4) is 0 Å². The number of benzene rings is 1. The molecule has 0 radical (unpaired) electrons. The summed E-state index contributed by atoms with van der Waals surface area (Å²) in [4.78, 5) is 12.0. The molecule has 2 heterocycles. The number of aromatic nitrogens is 2. The Morgan fingerprint density at radius 2 is 2.00 bits per heavy atom. The molecule has 6 heteroatoms. The van der Waals surface area contributed by atoms with Crippen molar-refractivity contribution >= 4 is 29.0 Å². The highest BCUT2D eigenvalue weighted by molar-refractivity contribution is 6.36. The Kier molecular flexibility index (Phi) is 5.28. The van der Waals surface area contributed by atoms with Gasteiger partial charge in [0.15, 0.2) is 5.82 Å². The summed E-state index contributed by atoms with van der Waals surface area (Å²) in [5.41, 5.74) is 3.43. The molecule has 24 heavy (non-hydrogen) atoms. The van der Waals surface area contributed by atoms with Crippen molar-refractivity contribution in [3.8, 4) is 11.3 Å². The van der Waals surface area contributed by atoms with Crippen LogP contribution in [0.25, 0.3) is 11.3 Å². The molecule has 1 unspecified atom stereocenters. The van der Waals surface area contributed by atoms with E-state index in [1.165, 1.54) is 0 Å². The van der Waals surface area contributed by atoms with Gasteiger partial charge in [-0.25, -0.2) is 9.97 Å². The highest BCUT2D eigenvalue weighted by Gasteiger charge is 2.28. The van der Waals surface area contributed by atoms with Crippen LogP contribution >= 0.6 is 23.2 Å². The first kappa shape index (κ1) is 17.5. The van der Waals surface area contributed by atoms with E-state index in [1.54, 1.807) is 13.2 Å². The minimum Gasteiger partial charge on any atom is -0.383 e. The van der Waals surface area contributed by atoms with Gasteiger partial charge in [0.05, 0.1) is 34.8 Å². The molecule has 0 bridgehead atoms. The minimum atomic E-state index is 0.368. The minimum absolute atomic E-state index is 0.368. The summed E-state index contributed by atoms with van der Waals surface area (Å²) in [6.07, 6.45) is 2.28. The first-order chi connectivity index (χ1) is 11.5. The van der Waals surface area contributed by atoms with Gasteiger partial charge < -0.3 is 9.64 Å². The molecule has 1 atom stereocenters.